The van der Waals surface area contributed by atoms with Gasteiger partial charge in [-0.1, -0.05) is 6.07 Å². The molecule has 80 valence electrons. The van der Waals surface area contributed by atoms with E-state index in [0.29, 0.717) is 5.41 Å². The summed E-state index contributed by atoms with van der Waals surface area (Å²) < 4.78 is 0. The number of hydrogen-bond donors (Lipinski definition) is 1. The highest BCUT2D eigenvalue weighted by molar-refractivity contribution is 5.09. The molecule has 0 bridgehead atoms. The van der Waals surface area contributed by atoms with Crippen LogP contribution in [-0.4, -0.2) is 36.1 Å². The van der Waals surface area contributed by atoms with Gasteiger partial charge in [-0.3, -0.25) is 9.88 Å². The third-order valence-corrected chi connectivity index (χ3v) is 3.65. The van der Waals surface area contributed by atoms with Crippen molar-refractivity contribution >= 4 is 0 Å². The lowest BCUT2D eigenvalue weighted by Crippen LogP contribution is -2.54. The van der Waals surface area contributed by atoms with E-state index in [9.17, 15) is 0 Å². The maximum absolute atomic E-state index is 4.16. The molecule has 0 amide bonds. The molecule has 2 saturated heterocycles. The van der Waals surface area contributed by atoms with E-state index in [0.717, 1.165) is 6.54 Å². The third kappa shape index (κ3) is 1.77. The largest absolute Gasteiger partial charge is 0.315 e. The molecular formula is C12H17N3. The van der Waals surface area contributed by atoms with Gasteiger partial charge < -0.3 is 5.32 Å². The van der Waals surface area contributed by atoms with Crippen LogP contribution in [0.4, 0.5) is 0 Å². The standard InChI is InChI=1S/C12H17N3/c1-2-11(6-13-4-1)7-15-5-3-12(10-15)8-14-9-12/h1-2,4,6,14H,3,5,7-10H2. The number of rotatable bonds is 2. The smallest absolute Gasteiger partial charge is 0.0312 e. The molecule has 0 aromatic carbocycles. The molecule has 1 spiro atoms. The molecule has 0 aliphatic carbocycles. The first-order valence-electron chi connectivity index (χ1n) is 5.68. The Morgan fingerprint density at radius 3 is 3.00 bits per heavy atom. The van der Waals surface area contributed by atoms with Crippen molar-refractivity contribution in [2.24, 2.45) is 5.41 Å². The second-order valence-corrected chi connectivity index (χ2v) is 4.93. The summed E-state index contributed by atoms with van der Waals surface area (Å²) in [6.45, 7) is 6.01. The number of aromatic nitrogens is 1. The van der Waals surface area contributed by atoms with Crippen molar-refractivity contribution in [1.29, 1.82) is 0 Å². The van der Waals surface area contributed by atoms with Gasteiger partial charge in [-0.2, -0.15) is 0 Å². The van der Waals surface area contributed by atoms with Crippen molar-refractivity contribution in [3.63, 3.8) is 0 Å². The van der Waals surface area contributed by atoms with Crippen molar-refractivity contribution in [2.45, 2.75) is 13.0 Å². The molecular weight excluding hydrogens is 186 g/mol. The molecule has 3 heterocycles. The fourth-order valence-electron chi connectivity index (χ4n) is 2.68. The average Bonchev–Trinajstić information content (AvgIpc) is 2.63. The highest BCUT2D eigenvalue weighted by Gasteiger charge is 2.42. The van der Waals surface area contributed by atoms with Crippen LogP contribution >= 0.6 is 0 Å². The predicted molar refractivity (Wildman–Crippen MR) is 59.4 cm³/mol. The molecule has 3 rings (SSSR count). The highest BCUT2D eigenvalue weighted by atomic mass is 15.2. The Labute approximate surface area is 90.5 Å². The molecule has 0 radical (unpaired) electrons. The van der Waals surface area contributed by atoms with E-state index in [1.807, 2.05) is 18.5 Å². The number of hydrogen-bond acceptors (Lipinski definition) is 3. The second kappa shape index (κ2) is 3.58. The van der Waals surface area contributed by atoms with Crippen molar-refractivity contribution in [3.8, 4) is 0 Å². The van der Waals surface area contributed by atoms with Gasteiger partial charge in [0.15, 0.2) is 0 Å². The lowest BCUT2D eigenvalue weighted by atomic mass is 9.81. The molecule has 1 N–H and O–H groups in total. The van der Waals surface area contributed by atoms with Crippen LogP contribution in [0.1, 0.15) is 12.0 Å². The Morgan fingerprint density at radius 2 is 2.40 bits per heavy atom. The summed E-state index contributed by atoms with van der Waals surface area (Å²) in [5.41, 5.74) is 1.95. The Balaban J connectivity index is 1.61. The summed E-state index contributed by atoms with van der Waals surface area (Å²) in [4.78, 5) is 6.71. The summed E-state index contributed by atoms with van der Waals surface area (Å²) in [6.07, 6.45) is 5.18. The van der Waals surface area contributed by atoms with E-state index in [4.69, 9.17) is 0 Å². The van der Waals surface area contributed by atoms with Crippen molar-refractivity contribution in [2.75, 3.05) is 26.2 Å². The SMILES string of the molecule is c1cncc(CN2CCC3(CNC3)C2)c1. The summed E-state index contributed by atoms with van der Waals surface area (Å²) >= 11 is 0. The first-order valence-corrected chi connectivity index (χ1v) is 5.68. The van der Waals surface area contributed by atoms with Crippen LogP contribution in [0.2, 0.25) is 0 Å². The van der Waals surface area contributed by atoms with E-state index in [2.05, 4.69) is 21.3 Å². The van der Waals surface area contributed by atoms with E-state index in [1.54, 1.807) is 0 Å². The predicted octanol–water partition coefficient (Wildman–Crippen LogP) is 0.877. The average molecular weight is 203 g/mol. The molecule has 3 heteroatoms. The Morgan fingerprint density at radius 1 is 1.47 bits per heavy atom. The van der Waals surface area contributed by atoms with Crippen LogP contribution < -0.4 is 5.32 Å². The summed E-state index contributed by atoms with van der Waals surface area (Å²) in [5.74, 6) is 0. The Bertz CT molecular complexity index is 332. The van der Waals surface area contributed by atoms with Crippen LogP contribution in [0.15, 0.2) is 24.5 Å². The van der Waals surface area contributed by atoms with Gasteiger partial charge in [-0.25, -0.2) is 0 Å². The molecule has 2 fully saturated rings. The zero-order valence-electron chi connectivity index (χ0n) is 8.95. The van der Waals surface area contributed by atoms with Gasteiger partial charge >= 0.3 is 0 Å². The van der Waals surface area contributed by atoms with Crippen LogP contribution in [0, 0.1) is 5.41 Å². The number of pyridine rings is 1. The summed E-state index contributed by atoms with van der Waals surface area (Å²) in [6, 6.07) is 4.18. The highest BCUT2D eigenvalue weighted by Crippen LogP contribution is 2.34. The lowest BCUT2D eigenvalue weighted by molar-refractivity contribution is 0.167. The van der Waals surface area contributed by atoms with Gasteiger partial charge in [0.05, 0.1) is 0 Å². The lowest BCUT2D eigenvalue weighted by Gasteiger charge is -2.39. The molecule has 0 unspecified atom stereocenters. The number of nitrogens with one attached hydrogen (secondary N) is 1. The fraction of sp³-hybridized carbons (Fsp3) is 0.583. The Hall–Kier alpha value is -0.930. The maximum atomic E-state index is 4.16. The molecule has 0 saturated carbocycles. The molecule has 1 aromatic rings. The number of likely N-dealkylation sites (tertiary alicyclic amines) is 1. The van der Waals surface area contributed by atoms with Crippen LogP contribution in [-0.2, 0) is 6.54 Å². The van der Waals surface area contributed by atoms with Crippen LogP contribution in [0.3, 0.4) is 0 Å². The molecule has 2 aliphatic rings. The summed E-state index contributed by atoms with van der Waals surface area (Å²) in [7, 11) is 0. The molecule has 15 heavy (non-hydrogen) atoms. The topological polar surface area (TPSA) is 28.2 Å². The van der Waals surface area contributed by atoms with E-state index >= 15 is 0 Å². The van der Waals surface area contributed by atoms with Gasteiger partial charge in [-0.15, -0.1) is 0 Å². The minimum atomic E-state index is 0.613. The zero-order chi connectivity index (χ0) is 10.1. The molecule has 2 aliphatic heterocycles. The zero-order valence-corrected chi connectivity index (χ0v) is 8.95. The van der Waals surface area contributed by atoms with Crippen LogP contribution in [0.5, 0.6) is 0 Å². The second-order valence-electron chi connectivity index (χ2n) is 4.93. The first-order chi connectivity index (χ1) is 7.36. The van der Waals surface area contributed by atoms with Crippen molar-refractivity contribution < 1.29 is 0 Å². The van der Waals surface area contributed by atoms with E-state index < -0.39 is 0 Å². The van der Waals surface area contributed by atoms with Gasteiger partial charge in [0, 0.05) is 44.0 Å². The minimum absolute atomic E-state index is 0.613. The normalized spacial score (nSPS) is 24.3. The van der Waals surface area contributed by atoms with Crippen LogP contribution in [0.25, 0.3) is 0 Å². The fourth-order valence-corrected chi connectivity index (χ4v) is 2.68. The maximum Gasteiger partial charge on any atom is 0.0312 e. The van der Waals surface area contributed by atoms with Crippen molar-refractivity contribution in [1.82, 2.24) is 15.2 Å². The third-order valence-electron chi connectivity index (χ3n) is 3.65. The molecule has 1 aromatic heterocycles. The monoisotopic (exact) mass is 203 g/mol. The Kier molecular flexibility index (Phi) is 2.22. The van der Waals surface area contributed by atoms with Gasteiger partial charge in [0.25, 0.3) is 0 Å². The first kappa shape index (κ1) is 9.31. The molecule has 0 atom stereocenters. The quantitative estimate of drug-likeness (QED) is 0.773. The van der Waals surface area contributed by atoms with Crippen molar-refractivity contribution in [3.05, 3.63) is 30.1 Å². The number of nitrogens with zero attached hydrogens (tertiary/aromatic N) is 2. The summed E-state index contributed by atoms with van der Waals surface area (Å²) in [5, 5.41) is 3.39. The molecule has 3 nitrogen and oxygen atoms in total. The minimum Gasteiger partial charge on any atom is -0.315 e. The van der Waals surface area contributed by atoms with Gasteiger partial charge in [-0.05, 0) is 24.6 Å². The van der Waals surface area contributed by atoms with E-state index in [-0.39, 0.29) is 0 Å². The van der Waals surface area contributed by atoms with Gasteiger partial charge in [0.1, 0.15) is 0 Å². The van der Waals surface area contributed by atoms with E-state index in [1.165, 1.54) is 38.2 Å². The van der Waals surface area contributed by atoms with Gasteiger partial charge in [0.2, 0.25) is 0 Å².